The molecule has 0 bridgehead atoms. The van der Waals surface area contributed by atoms with Crippen LogP contribution in [-0.2, 0) is 0 Å². The molecule has 2 saturated heterocycles. The normalized spacial score (nSPS) is 16.4. The molecule has 0 aromatic heterocycles. The zero-order chi connectivity index (χ0) is 23.9. The highest BCUT2D eigenvalue weighted by Gasteiger charge is 2.24. The number of para-hydroxylation sites is 4. The lowest BCUT2D eigenvalue weighted by Gasteiger charge is -2.38. The van der Waals surface area contributed by atoms with E-state index in [0.717, 1.165) is 83.9 Å². The Morgan fingerprint density at radius 3 is 1.32 bits per heavy atom. The van der Waals surface area contributed by atoms with Gasteiger partial charge in [0.05, 0.1) is 25.6 Å². The van der Waals surface area contributed by atoms with Crippen LogP contribution in [0.5, 0.6) is 11.5 Å². The van der Waals surface area contributed by atoms with Crippen molar-refractivity contribution in [2.45, 2.75) is 0 Å². The van der Waals surface area contributed by atoms with E-state index in [1.54, 1.807) is 35.8 Å². The topological polar surface area (TPSA) is 31.4 Å². The first kappa shape index (κ1) is 25.2. The minimum atomic E-state index is 0.898. The predicted molar refractivity (Wildman–Crippen MR) is 154 cm³/mol. The van der Waals surface area contributed by atoms with Gasteiger partial charge in [-0.15, -0.1) is 0 Å². The summed E-state index contributed by atoms with van der Waals surface area (Å²) in [4.78, 5) is 9.28. The third kappa shape index (κ3) is 6.02. The number of hydrogen-bond acceptors (Lipinski definition) is 8. The first-order valence-corrected chi connectivity index (χ1v) is 14.3. The number of rotatable bonds is 4. The molecule has 0 amide bonds. The summed E-state index contributed by atoms with van der Waals surface area (Å²) in [5.41, 5.74) is 2.29. The van der Waals surface area contributed by atoms with Crippen LogP contribution >= 0.6 is 46.0 Å². The molecule has 0 N–H and O–H groups in total. The molecule has 10 heteroatoms. The van der Waals surface area contributed by atoms with Gasteiger partial charge < -0.3 is 29.1 Å². The zero-order valence-electron chi connectivity index (χ0n) is 19.5. The Kier molecular flexibility index (Phi) is 9.04. The molecule has 6 nitrogen and oxygen atoms in total. The maximum absolute atomic E-state index is 5.73. The van der Waals surface area contributed by atoms with Gasteiger partial charge in [-0.1, -0.05) is 48.7 Å². The largest absolute Gasteiger partial charge is 0.495 e. The molecule has 2 aliphatic heterocycles. The van der Waals surface area contributed by atoms with Gasteiger partial charge in [0.25, 0.3) is 0 Å². The van der Waals surface area contributed by atoms with Gasteiger partial charge in [0.2, 0.25) is 0 Å². The molecular formula is C24H30N4O2S4. The highest BCUT2D eigenvalue weighted by Crippen LogP contribution is 2.33. The van der Waals surface area contributed by atoms with Gasteiger partial charge in [0.1, 0.15) is 20.1 Å². The molecule has 2 heterocycles. The molecule has 0 aliphatic carbocycles. The van der Waals surface area contributed by atoms with Gasteiger partial charge >= 0.3 is 0 Å². The zero-order valence-corrected chi connectivity index (χ0v) is 22.8. The van der Waals surface area contributed by atoms with Crippen molar-refractivity contribution in [2.24, 2.45) is 0 Å². The van der Waals surface area contributed by atoms with Crippen molar-refractivity contribution in [1.82, 2.24) is 9.80 Å². The van der Waals surface area contributed by atoms with Gasteiger partial charge in [-0.2, -0.15) is 0 Å². The number of piperazine rings is 2. The van der Waals surface area contributed by atoms with Crippen LogP contribution in [0.15, 0.2) is 48.5 Å². The van der Waals surface area contributed by atoms with E-state index in [0.29, 0.717) is 0 Å². The fourth-order valence-electron chi connectivity index (χ4n) is 4.22. The summed E-state index contributed by atoms with van der Waals surface area (Å²) < 4.78 is 12.8. The first-order valence-electron chi connectivity index (χ1n) is 11.3. The summed E-state index contributed by atoms with van der Waals surface area (Å²) in [6, 6.07) is 16.4. The molecule has 2 aromatic rings. The smallest absolute Gasteiger partial charge is 0.147 e. The molecule has 0 spiro atoms. The first-order chi connectivity index (χ1) is 16.6. The van der Waals surface area contributed by atoms with E-state index in [1.165, 1.54) is 0 Å². The van der Waals surface area contributed by atoms with Crippen LogP contribution in [0.3, 0.4) is 0 Å². The number of thiocarbonyl (C=S) groups is 2. The minimum absolute atomic E-state index is 0.898. The van der Waals surface area contributed by atoms with Crippen LogP contribution in [0.4, 0.5) is 11.4 Å². The van der Waals surface area contributed by atoms with E-state index in [2.05, 4.69) is 43.9 Å². The Morgan fingerprint density at radius 1 is 0.618 bits per heavy atom. The van der Waals surface area contributed by atoms with E-state index in [9.17, 15) is 0 Å². The van der Waals surface area contributed by atoms with Crippen LogP contribution in [0.1, 0.15) is 0 Å². The third-order valence-corrected chi connectivity index (χ3v) is 9.84. The summed E-state index contributed by atoms with van der Waals surface area (Å²) >= 11 is 11.5. The highest BCUT2D eigenvalue weighted by atomic mass is 33.1. The average molecular weight is 535 g/mol. The minimum Gasteiger partial charge on any atom is -0.495 e. The molecule has 0 atom stereocenters. The summed E-state index contributed by atoms with van der Waals surface area (Å²) in [7, 11) is 6.66. The fourth-order valence-corrected chi connectivity index (χ4v) is 6.97. The van der Waals surface area contributed by atoms with Crippen LogP contribution in [-0.4, -0.2) is 85.0 Å². The Balaban J connectivity index is 1.21. The number of benzene rings is 2. The van der Waals surface area contributed by atoms with E-state index in [4.69, 9.17) is 33.9 Å². The summed E-state index contributed by atoms with van der Waals surface area (Å²) in [5, 5.41) is 0. The van der Waals surface area contributed by atoms with Gasteiger partial charge in [0, 0.05) is 52.4 Å². The van der Waals surface area contributed by atoms with Crippen molar-refractivity contribution in [3.63, 3.8) is 0 Å². The van der Waals surface area contributed by atoms with Gasteiger partial charge in [-0.3, -0.25) is 0 Å². The van der Waals surface area contributed by atoms with Crippen molar-refractivity contribution in [2.75, 3.05) is 76.4 Å². The number of anilines is 2. The SMILES string of the molecule is COc1ccccc1N1CCN(C(=S)SSC(=S)N2CCN(c3ccccc3OC)CC2)CC1. The third-order valence-electron chi connectivity index (χ3n) is 6.11. The molecule has 4 rings (SSSR count). The summed E-state index contributed by atoms with van der Waals surface area (Å²) in [6.45, 7) is 7.26. The molecule has 0 radical (unpaired) electrons. The van der Waals surface area contributed by atoms with Crippen molar-refractivity contribution in [1.29, 1.82) is 0 Å². The molecular weight excluding hydrogens is 505 g/mol. The van der Waals surface area contributed by atoms with Crippen molar-refractivity contribution in [3.05, 3.63) is 48.5 Å². The fraction of sp³-hybridized carbons (Fsp3) is 0.417. The maximum Gasteiger partial charge on any atom is 0.147 e. The van der Waals surface area contributed by atoms with E-state index < -0.39 is 0 Å². The Bertz CT molecular complexity index is 913. The van der Waals surface area contributed by atoms with Crippen molar-refractivity contribution in [3.8, 4) is 11.5 Å². The van der Waals surface area contributed by atoms with E-state index >= 15 is 0 Å². The van der Waals surface area contributed by atoms with Crippen molar-refractivity contribution >= 4 is 66.0 Å². The summed E-state index contributed by atoms with van der Waals surface area (Å²) in [5.74, 6) is 1.83. The number of ether oxygens (including phenoxy) is 2. The summed E-state index contributed by atoms with van der Waals surface area (Å²) in [6.07, 6.45) is 0. The second-order valence-electron chi connectivity index (χ2n) is 7.99. The molecule has 2 aromatic carbocycles. The van der Waals surface area contributed by atoms with Gasteiger partial charge in [-0.25, -0.2) is 0 Å². The second kappa shape index (κ2) is 12.2. The molecule has 182 valence electrons. The molecule has 2 aliphatic rings. The Hall–Kier alpha value is -1.88. The van der Waals surface area contributed by atoms with E-state index in [-0.39, 0.29) is 0 Å². The average Bonchev–Trinajstić information content (AvgIpc) is 2.91. The lowest BCUT2D eigenvalue weighted by atomic mass is 10.2. The highest BCUT2D eigenvalue weighted by molar-refractivity contribution is 8.89. The number of nitrogens with zero attached hydrogens (tertiary/aromatic N) is 4. The van der Waals surface area contributed by atoms with Gasteiger partial charge in [-0.05, 0) is 45.9 Å². The monoisotopic (exact) mass is 534 g/mol. The Morgan fingerprint density at radius 2 is 0.971 bits per heavy atom. The lowest BCUT2D eigenvalue weighted by Crippen LogP contribution is -2.48. The number of hydrogen-bond donors (Lipinski definition) is 0. The molecule has 0 saturated carbocycles. The van der Waals surface area contributed by atoms with Crippen LogP contribution < -0.4 is 19.3 Å². The predicted octanol–water partition coefficient (Wildman–Crippen LogP) is 4.60. The molecule has 34 heavy (non-hydrogen) atoms. The maximum atomic E-state index is 5.73. The van der Waals surface area contributed by atoms with Crippen LogP contribution in [0.2, 0.25) is 0 Å². The standard InChI is InChI=1S/C24H30N4O2S4/c1-29-21-9-5-3-7-19(21)25-11-15-27(16-12-25)23(31)33-34-24(32)28-17-13-26(14-18-28)20-8-4-6-10-22(20)30-2/h3-10H,11-18H2,1-2H3. The number of methoxy groups -OCH3 is 2. The lowest BCUT2D eigenvalue weighted by molar-refractivity contribution is 0.386. The second-order valence-corrected chi connectivity index (χ2v) is 11.4. The van der Waals surface area contributed by atoms with Crippen LogP contribution in [0.25, 0.3) is 0 Å². The quantitative estimate of drug-likeness (QED) is 0.410. The van der Waals surface area contributed by atoms with E-state index in [1.807, 2.05) is 24.3 Å². The molecule has 0 unspecified atom stereocenters. The van der Waals surface area contributed by atoms with Gasteiger partial charge in [0.15, 0.2) is 0 Å². The molecule has 2 fully saturated rings. The van der Waals surface area contributed by atoms with Crippen LogP contribution in [0, 0.1) is 0 Å². The van der Waals surface area contributed by atoms with Crippen molar-refractivity contribution < 1.29 is 9.47 Å². The Labute approximate surface area is 220 Å².